The molecule has 2 aromatic rings. The molecule has 0 aromatic heterocycles. The van der Waals surface area contributed by atoms with E-state index in [-0.39, 0.29) is 5.91 Å². The maximum Gasteiger partial charge on any atom is 0.255 e. The predicted octanol–water partition coefficient (Wildman–Crippen LogP) is 4.37. The van der Waals surface area contributed by atoms with Crippen LogP contribution >= 0.6 is 31.9 Å². The van der Waals surface area contributed by atoms with Crippen LogP contribution in [0.3, 0.4) is 0 Å². The summed E-state index contributed by atoms with van der Waals surface area (Å²) < 4.78 is 1.67. The fraction of sp³-hybridized carbons (Fsp3) is 0.133. The van der Waals surface area contributed by atoms with Crippen molar-refractivity contribution < 1.29 is 4.79 Å². The van der Waals surface area contributed by atoms with Crippen molar-refractivity contribution in [2.45, 2.75) is 13.8 Å². The van der Waals surface area contributed by atoms with Crippen LogP contribution in [0.5, 0.6) is 0 Å². The number of amides is 1. The Kier molecular flexibility index (Phi) is 5.03. The number of benzene rings is 2. The van der Waals surface area contributed by atoms with Gasteiger partial charge < -0.3 is 10.7 Å². The van der Waals surface area contributed by atoms with Crippen molar-refractivity contribution in [2.75, 3.05) is 10.7 Å². The number of nitrogen functional groups attached to an aromatic ring is 1. The minimum absolute atomic E-state index is 0.165. The average molecular weight is 413 g/mol. The van der Waals surface area contributed by atoms with Gasteiger partial charge in [-0.05, 0) is 87.2 Å². The van der Waals surface area contributed by atoms with E-state index < -0.39 is 0 Å². The van der Waals surface area contributed by atoms with Crippen molar-refractivity contribution in [1.82, 2.24) is 0 Å². The fourth-order valence-electron chi connectivity index (χ4n) is 2.01. The lowest BCUT2D eigenvalue weighted by Crippen LogP contribution is -2.15. The minimum atomic E-state index is -0.165. The van der Waals surface area contributed by atoms with Crippen molar-refractivity contribution >= 4 is 49.1 Å². The summed E-state index contributed by atoms with van der Waals surface area (Å²) in [6.45, 7) is 3.86. The molecule has 2 aromatic carbocycles. The molecule has 0 spiro atoms. The third kappa shape index (κ3) is 3.64. The van der Waals surface area contributed by atoms with Gasteiger partial charge in [-0.25, -0.2) is 0 Å². The molecule has 4 N–H and O–H groups in total. The highest BCUT2D eigenvalue weighted by Crippen LogP contribution is 2.32. The van der Waals surface area contributed by atoms with Crippen molar-refractivity contribution in [1.29, 1.82) is 0 Å². The average Bonchev–Trinajstić information content (AvgIpc) is 2.42. The summed E-state index contributed by atoms with van der Waals surface area (Å²) in [6.07, 6.45) is 0. The summed E-state index contributed by atoms with van der Waals surface area (Å²) in [4.78, 5) is 12.4. The Morgan fingerprint density at radius 3 is 2.24 bits per heavy atom. The highest BCUT2D eigenvalue weighted by atomic mass is 79.9. The molecular formula is C15H15Br2N3O. The van der Waals surface area contributed by atoms with E-state index in [1.165, 1.54) is 0 Å². The number of anilines is 2. The van der Waals surface area contributed by atoms with E-state index in [1.54, 1.807) is 12.1 Å². The molecule has 0 unspecified atom stereocenters. The molecule has 2 rings (SSSR count). The molecule has 0 atom stereocenters. The molecule has 0 aliphatic carbocycles. The smallest absolute Gasteiger partial charge is 0.255 e. The van der Waals surface area contributed by atoms with Crippen LogP contribution < -0.4 is 16.6 Å². The second-order valence-corrected chi connectivity index (χ2v) is 6.44. The third-order valence-electron chi connectivity index (χ3n) is 3.06. The maximum absolute atomic E-state index is 12.4. The first-order valence-corrected chi connectivity index (χ1v) is 7.85. The molecule has 110 valence electrons. The number of hydrazine groups is 1. The molecule has 21 heavy (non-hydrogen) atoms. The molecule has 0 bridgehead atoms. The van der Waals surface area contributed by atoms with Crippen LogP contribution in [0.1, 0.15) is 21.5 Å². The number of nitrogens with one attached hydrogen (secondary N) is 2. The number of hydrogen-bond acceptors (Lipinski definition) is 3. The predicted molar refractivity (Wildman–Crippen MR) is 93.5 cm³/mol. The number of hydrogen-bond donors (Lipinski definition) is 3. The molecule has 1 amide bonds. The first-order valence-electron chi connectivity index (χ1n) is 6.26. The summed E-state index contributed by atoms with van der Waals surface area (Å²) in [7, 11) is 0. The van der Waals surface area contributed by atoms with E-state index >= 15 is 0 Å². The lowest BCUT2D eigenvalue weighted by Gasteiger charge is -2.12. The van der Waals surface area contributed by atoms with Crippen LogP contribution in [-0.4, -0.2) is 5.91 Å². The Morgan fingerprint density at radius 2 is 1.71 bits per heavy atom. The van der Waals surface area contributed by atoms with Gasteiger partial charge in [0.05, 0.1) is 5.69 Å². The minimum Gasteiger partial charge on any atom is -0.324 e. The molecule has 0 aliphatic rings. The topological polar surface area (TPSA) is 67.2 Å². The van der Waals surface area contributed by atoms with Gasteiger partial charge in [0, 0.05) is 20.2 Å². The maximum atomic E-state index is 12.4. The standard InChI is InChI=1S/C15H15Br2N3O/c1-8-5-12(16)14(13(17)6-8)19-15(21)11-4-3-10(20-18)7-9(11)2/h3-7,20H,18H2,1-2H3,(H,19,21). The second-order valence-electron chi connectivity index (χ2n) is 4.73. The van der Waals surface area contributed by atoms with Crippen LogP contribution in [0, 0.1) is 13.8 Å². The Balaban J connectivity index is 2.30. The van der Waals surface area contributed by atoms with Gasteiger partial charge in [0.2, 0.25) is 0 Å². The van der Waals surface area contributed by atoms with Gasteiger partial charge in [-0.3, -0.25) is 10.6 Å². The van der Waals surface area contributed by atoms with Gasteiger partial charge in [-0.15, -0.1) is 0 Å². The zero-order valence-electron chi connectivity index (χ0n) is 11.6. The quantitative estimate of drug-likeness (QED) is 0.518. The first kappa shape index (κ1) is 16.0. The van der Waals surface area contributed by atoms with Crippen LogP contribution in [0.15, 0.2) is 39.3 Å². The molecule has 0 saturated heterocycles. The molecule has 0 saturated carbocycles. The van der Waals surface area contributed by atoms with E-state index in [0.717, 1.165) is 25.8 Å². The second kappa shape index (κ2) is 6.60. The van der Waals surface area contributed by atoms with Gasteiger partial charge >= 0.3 is 0 Å². The number of aryl methyl sites for hydroxylation is 2. The lowest BCUT2D eigenvalue weighted by molar-refractivity contribution is 0.102. The highest BCUT2D eigenvalue weighted by Gasteiger charge is 2.14. The normalized spacial score (nSPS) is 10.3. The van der Waals surface area contributed by atoms with E-state index in [4.69, 9.17) is 5.84 Å². The first-order chi connectivity index (χ1) is 9.92. The Labute approximate surface area is 140 Å². The van der Waals surface area contributed by atoms with Gasteiger partial charge in [0.25, 0.3) is 5.91 Å². The number of nitrogens with two attached hydrogens (primary N) is 1. The van der Waals surface area contributed by atoms with Crippen molar-refractivity contribution in [3.63, 3.8) is 0 Å². The Hall–Kier alpha value is -1.37. The largest absolute Gasteiger partial charge is 0.324 e. The van der Waals surface area contributed by atoms with Crippen molar-refractivity contribution in [3.8, 4) is 0 Å². The molecule has 0 radical (unpaired) electrons. The van der Waals surface area contributed by atoms with Crippen LogP contribution in [0.25, 0.3) is 0 Å². The highest BCUT2D eigenvalue weighted by molar-refractivity contribution is 9.11. The SMILES string of the molecule is Cc1cc(Br)c(NC(=O)c2ccc(NN)cc2C)c(Br)c1. The number of halogens is 2. The Morgan fingerprint density at radius 1 is 1.10 bits per heavy atom. The van der Waals surface area contributed by atoms with E-state index in [2.05, 4.69) is 42.6 Å². The molecule has 0 aliphatic heterocycles. The summed E-state index contributed by atoms with van der Waals surface area (Å²) in [5.74, 6) is 5.19. The monoisotopic (exact) mass is 411 g/mol. The molecule has 0 heterocycles. The van der Waals surface area contributed by atoms with E-state index in [1.807, 2.05) is 32.0 Å². The van der Waals surface area contributed by atoms with Crippen molar-refractivity contribution in [3.05, 3.63) is 56.0 Å². The fourth-order valence-corrected chi connectivity index (χ4v) is 3.62. The zero-order chi connectivity index (χ0) is 15.6. The molecule has 0 fully saturated rings. The van der Waals surface area contributed by atoms with Gasteiger partial charge in [-0.1, -0.05) is 0 Å². The number of carbonyl (C=O) groups is 1. The van der Waals surface area contributed by atoms with Crippen molar-refractivity contribution in [2.24, 2.45) is 5.84 Å². The van der Waals surface area contributed by atoms with Crippen LogP contribution in [0.2, 0.25) is 0 Å². The van der Waals surface area contributed by atoms with Gasteiger partial charge in [0.15, 0.2) is 0 Å². The molecule has 4 nitrogen and oxygen atoms in total. The third-order valence-corrected chi connectivity index (χ3v) is 4.31. The number of rotatable bonds is 3. The van der Waals surface area contributed by atoms with Crippen LogP contribution in [-0.2, 0) is 0 Å². The Bertz CT molecular complexity index is 678. The van der Waals surface area contributed by atoms with Gasteiger partial charge in [0.1, 0.15) is 0 Å². The zero-order valence-corrected chi connectivity index (χ0v) is 14.8. The lowest BCUT2D eigenvalue weighted by atomic mass is 10.1. The number of carbonyl (C=O) groups excluding carboxylic acids is 1. The van der Waals surface area contributed by atoms with Gasteiger partial charge in [-0.2, -0.15) is 0 Å². The van der Waals surface area contributed by atoms with E-state index in [9.17, 15) is 4.79 Å². The summed E-state index contributed by atoms with van der Waals surface area (Å²) in [5, 5.41) is 2.92. The summed E-state index contributed by atoms with van der Waals surface area (Å²) >= 11 is 6.94. The summed E-state index contributed by atoms with van der Waals surface area (Å²) in [6, 6.07) is 9.24. The van der Waals surface area contributed by atoms with E-state index in [0.29, 0.717) is 11.3 Å². The molecule has 6 heteroatoms. The van der Waals surface area contributed by atoms with Crippen LogP contribution in [0.4, 0.5) is 11.4 Å². The molecular weight excluding hydrogens is 398 g/mol. The summed E-state index contributed by atoms with van der Waals surface area (Å²) in [5.41, 5.74) is 6.59.